The molecule has 140 valence electrons. The maximum absolute atomic E-state index is 11.7. The van der Waals surface area contributed by atoms with Gasteiger partial charge in [0.25, 0.3) is 0 Å². The highest BCUT2D eigenvalue weighted by Crippen LogP contribution is 2.33. The Labute approximate surface area is 164 Å². The number of hydrogen-bond acceptors (Lipinski definition) is 8. The van der Waals surface area contributed by atoms with E-state index in [9.17, 15) is 4.79 Å². The van der Waals surface area contributed by atoms with Gasteiger partial charge in [-0.05, 0) is 48.8 Å². The molecule has 1 unspecified atom stereocenters. The number of carbonyl (C=O) groups is 1. The molecule has 0 saturated carbocycles. The Kier molecular flexibility index (Phi) is 7.40. The molecule has 0 aliphatic rings. The van der Waals surface area contributed by atoms with Crippen LogP contribution in [0.15, 0.2) is 27.1 Å². The zero-order valence-corrected chi connectivity index (χ0v) is 17.3. The lowest BCUT2D eigenvalue weighted by Gasteiger charge is -2.16. The van der Waals surface area contributed by atoms with E-state index in [4.69, 9.17) is 14.2 Å². The quantitative estimate of drug-likeness (QED) is 0.378. The lowest BCUT2D eigenvalue weighted by molar-refractivity contribution is -0.150. The number of carbonyl (C=O) groups excluding carboxylic acids is 1. The normalized spacial score (nSPS) is 12.0. The molecular formula is C17H20BrN3O4S. The summed E-state index contributed by atoms with van der Waals surface area (Å²) in [5.41, 5.74) is 4.59. The van der Waals surface area contributed by atoms with Gasteiger partial charge >= 0.3 is 5.97 Å². The van der Waals surface area contributed by atoms with Crippen molar-refractivity contribution < 1.29 is 19.0 Å². The number of hydrazone groups is 1. The molecule has 1 aromatic heterocycles. The first kappa shape index (κ1) is 20.2. The van der Waals surface area contributed by atoms with Gasteiger partial charge in [0.05, 0.1) is 25.6 Å². The van der Waals surface area contributed by atoms with Crippen LogP contribution in [0.1, 0.15) is 25.1 Å². The Morgan fingerprint density at radius 3 is 2.85 bits per heavy atom. The molecule has 1 N–H and O–H groups in total. The maximum atomic E-state index is 11.7. The van der Waals surface area contributed by atoms with Crippen LogP contribution in [0.3, 0.4) is 0 Å². The SMILES string of the molecule is CCOC(=O)C(C)Oc1cc(Br)c(C=NNc2nc(C)cs2)cc1OC. The number of benzene rings is 1. The van der Waals surface area contributed by atoms with Gasteiger partial charge in [-0.15, -0.1) is 11.3 Å². The van der Waals surface area contributed by atoms with E-state index in [1.807, 2.05) is 12.3 Å². The topological polar surface area (TPSA) is 82.0 Å². The zero-order chi connectivity index (χ0) is 19.1. The van der Waals surface area contributed by atoms with Crippen LogP contribution in [-0.4, -0.2) is 37.0 Å². The molecule has 7 nitrogen and oxygen atoms in total. The number of hydrogen-bond donors (Lipinski definition) is 1. The first-order valence-electron chi connectivity index (χ1n) is 7.86. The smallest absolute Gasteiger partial charge is 0.347 e. The van der Waals surface area contributed by atoms with E-state index < -0.39 is 12.1 Å². The van der Waals surface area contributed by atoms with Crippen molar-refractivity contribution in [3.63, 3.8) is 0 Å². The fraction of sp³-hybridized carbons (Fsp3) is 0.353. The summed E-state index contributed by atoms with van der Waals surface area (Å²) in [6, 6.07) is 3.49. The van der Waals surface area contributed by atoms with E-state index in [-0.39, 0.29) is 0 Å². The van der Waals surface area contributed by atoms with Crippen molar-refractivity contribution in [3.05, 3.63) is 33.2 Å². The number of ether oxygens (including phenoxy) is 3. The second-order valence-corrected chi connectivity index (χ2v) is 6.91. The van der Waals surface area contributed by atoms with E-state index >= 15 is 0 Å². The van der Waals surface area contributed by atoms with Crippen molar-refractivity contribution in [3.8, 4) is 11.5 Å². The molecule has 0 fully saturated rings. The lowest BCUT2D eigenvalue weighted by atomic mass is 10.2. The maximum Gasteiger partial charge on any atom is 0.347 e. The number of nitrogens with one attached hydrogen (secondary N) is 1. The number of aromatic nitrogens is 1. The molecular weight excluding hydrogens is 422 g/mol. The van der Waals surface area contributed by atoms with Gasteiger partial charge in [-0.25, -0.2) is 9.78 Å². The summed E-state index contributed by atoms with van der Waals surface area (Å²) in [5, 5.41) is 6.83. The monoisotopic (exact) mass is 441 g/mol. The third kappa shape index (κ3) is 5.43. The van der Waals surface area contributed by atoms with E-state index in [1.165, 1.54) is 18.4 Å². The fourth-order valence-electron chi connectivity index (χ4n) is 1.96. The molecule has 0 bridgehead atoms. The summed E-state index contributed by atoms with van der Waals surface area (Å²) in [7, 11) is 1.53. The summed E-state index contributed by atoms with van der Waals surface area (Å²) < 4.78 is 16.7. The Bertz CT molecular complexity index is 794. The molecule has 2 rings (SSSR count). The molecule has 0 aliphatic heterocycles. The van der Waals surface area contributed by atoms with Gasteiger partial charge in [0.15, 0.2) is 17.6 Å². The first-order valence-corrected chi connectivity index (χ1v) is 9.53. The van der Waals surface area contributed by atoms with Crippen LogP contribution in [0.4, 0.5) is 5.13 Å². The number of halogens is 1. The van der Waals surface area contributed by atoms with Gasteiger partial charge in [0.1, 0.15) is 0 Å². The molecule has 0 amide bonds. The average molecular weight is 442 g/mol. The molecule has 1 heterocycles. The van der Waals surface area contributed by atoms with Crippen molar-refractivity contribution in [2.45, 2.75) is 26.9 Å². The van der Waals surface area contributed by atoms with Crippen molar-refractivity contribution in [2.24, 2.45) is 5.10 Å². The third-order valence-corrected chi connectivity index (χ3v) is 4.74. The summed E-state index contributed by atoms with van der Waals surface area (Å²) in [5.74, 6) is 0.482. The van der Waals surface area contributed by atoms with Gasteiger partial charge in [0.2, 0.25) is 5.13 Å². The molecule has 26 heavy (non-hydrogen) atoms. The first-order chi connectivity index (χ1) is 12.4. The van der Waals surface area contributed by atoms with Crippen molar-refractivity contribution in [2.75, 3.05) is 19.1 Å². The lowest BCUT2D eigenvalue weighted by Crippen LogP contribution is -2.26. The Hall–Kier alpha value is -2.13. The summed E-state index contributed by atoms with van der Waals surface area (Å²) in [6.45, 7) is 5.59. The minimum atomic E-state index is -0.745. The molecule has 1 atom stereocenters. The number of aryl methyl sites for hydroxylation is 1. The van der Waals surface area contributed by atoms with E-state index in [2.05, 4.69) is 31.4 Å². The van der Waals surface area contributed by atoms with E-state index in [1.54, 1.807) is 32.2 Å². The highest BCUT2D eigenvalue weighted by atomic mass is 79.9. The third-order valence-electron chi connectivity index (χ3n) is 3.19. The highest BCUT2D eigenvalue weighted by Gasteiger charge is 2.19. The predicted octanol–water partition coefficient (Wildman–Crippen LogP) is 4.00. The van der Waals surface area contributed by atoms with Crippen LogP contribution in [0.25, 0.3) is 0 Å². The molecule has 0 aliphatic carbocycles. The number of rotatable bonds is 8. The number of thiazole rings is 1. The molecule has 0 spiro atoms. The highest BCUT2D eigenvalue weighted by molar-refractivity contribution is 9.10. The summed E-state index contributed by atoms with van der Waals surface area (Å²) >= 11 is 4.95. The molecule has 1 aromatic carbocycles. The standard InChI is InChI=1S/C17H20BrN3O4S/c1-5-24-16(22)11(3)25-15-7-13(18)12(6-14(15)23-4)8-19-21-17-20-10(2)9-26-17/h6-9,11H,5H2,1-4H3,(H,20,21). The van der Waals surface area contributed by atoms with Gasteiger partial charge < -0.3 is 14.2 Å². The van der Waals surface area contributed by atoms with Crippen molar-refractivity contribution in [1.82, 2.24) is 4.98 Å². The Balaban J connectivity index is 2.13. The number of methoxy groups -OCH3 is 1. The summed E-state index contributed by atoms with van der Waals surface area (Å²) in [6.07, 6.45) is 0.895. The van der Waals surface area contributed by atoms with E-state index in [0.717, 1.165) is 15.7 Å². The summed E-state index contributed by atoms with van der Waals surface area (Å²) in [4.78, 5) is 16.0. The van der Waals surface area contributed by atoms with Crippen LogP contribution in [0.2, 0.25) is 0 Å². The largest absolute Gasteiger partial charge is 0.493 e. The molecule has 0 saturated heterocycles. The minimum absolute atomic E-state index is 0.300. The molecule has 9 heteroatoms. The second kappa shape index (κ2) is 9.54. The van der Waals surface area contributed by atoms with E-state index in [0.29, 0.717) is 23.2 Å². The van der Waals surface area contributed by atoms with Crippen LogP contribution >= 0.6 is 27.3 Å². The predicted molar refractivity (Wildman–Crippen MR) is 105 cm³/mol. The van der Waals surface area contributed by atoms with Crippen LogP contribution < -0.4 is 14.9 Å². The molecule has 2 aromatic rings. The van der Waals surface area contributed by atoms with Crippen molar-refractivity contribution >= 4 is 44.6 Å². The van der Waals surface area contributed by atoms with Crippen molar-refractivity contribution in [1.29, 1.82) is 0 Å². The zero-order valence-electron chi connectivity index (χ0n) is 14.9. The van der Waals surface area contributed by atoms with Gasteiger partial charge in [0, 0.05) is 15.4 Å². The van der Waals surface area contributed by atoms with Gasteiger partial charge in [-0.2, -0.15) is 5.10 Å². The minimum Gasteiger partial charge on any atom is -0.493 e. The number of esters is 1. The average Bonchev–Trinajstić information content (AvgIpc) is 3.02. The van der Waals surface area contributed by atoms with Crippen LogP contribution in [-0.2, 0) is 9.53 Å². The van der Waals surface area contributed by atoms with Gasteiger partial charge in [-0.3, -0.25) is 5.43 Å². The van der Waals surface area contributed by atoms with Gasteiger partial charge in [-0.1, -0.05) is 0 Å². The Morgan fingerprint density at radius 2 is 2.23 bits per heavy atom. The number of nitrogens with zero attached hydrogens (tertiary/aromatic N) is 2. The second-order valence-electron chi connectivity index (χ2n) is 5.20. The Morgan fingerprint density at radius 1 is 1.46 bits per heavy atom. The molecule has 0 radical (unpaired) electrons. The van der Waals surface area contributed by atoms with Crippen LogP contribution in [0.5, 0.6) is 11.5 Å². The fourth-order valence-corrected chi connectivity index (χ4v) is 3.02. The number of anilines is 1. The van der Waals surface area contributed by atoms with Crippen LogP contribution in [0, 0.1) is 6.92 Å².